The first-order chi connectivity index (χ1) is 9.22. The van der Waals surface area contributed by atoms with E-state index in [1.165, 1.54) is 0 Å². The molecule has 2 heterocycles. The molecule has 1 aliphatic rings. The summed E-state index contributed by atoms with van der Waals surface area (Å²) in [6, 6.07) is 7.74. The maximum Gasteiger partial charge on any atom is 0.233 e. The van der Waals surface area contributed by atoms with Gasteiger partial charge >= 0.3 is 0 Å². The van der Waals surface area contributed by atoms with Crippen LogP contribution in [-0.2, 0) is 11.2 Å². The SMILES string of the molecule is Nc1nnc(NC(=O)C2COc3ccccc3C2)s1. The van der Waals surface area contributed by atoms with Gasteiger partial charge in [-0.05, 0) is 18.1 Å². The van der Waals surface area contributed by atoms with E-state index in [1.54, 1.807) is 0 Å². The van der Waals surface area contributed by atoms with Gasteiger partial charge < -0.3 is 15.8 Å². The number of nitrogens with zero attached hydrogens (tertiary/aromatic N) is 2. The maximum atomic E-state index is 12.1. The zero-order valence-corrected chi connectivity index (χ0v) is 10.8. The Morgan fingerprint density at radius 3 is 3.05 bits per heavy atom. The quantitative estimate of drug-likeness (QED) is 0.863. The molecule has 1 unspecified atom stereocenters. The normalized spacial score (nSPS) is 17.4. The lowest BCUT2D eigenvalue weighted by atomic mass is 9.96. The van der Waals surface area contributed by atoms with Crippen LogP contribution in [0.4, 0.5) is 10.3 Å². The second kappa shape index (κ2) is 4.85. The van der Waals surface area contributed by atoms with Crippen molar-refractivity contribution in [3.05, 3.63) is 29.8 Å². The largest absolute Gasteiger partial charge is 0.492 e. The van der Waals surface area contributed by atoms with Gasteiger partial charge in [-0.25, -0.2) is 0 Å². The summed E-state index contributed by atoms with van der Waals surface area (Å²) < 4.78 is 5.58. The predicted molar refractivity (Wildman–Crippen MR) is 72.1 cm³/mol. The molecule has 2 aromatic rings. The maximum absolute atomic E-state index is 12.1. The summed E-state index contributed by atoms with van der Waals surface area (Å²) in [5.74, 6) is 0.511. The molecule has 98 valence electrons. The van der Waals surface area contributed by atoms with Gasteiger partial charge in [0.05, 0.1) is 5.92 Å². The number of amides is 1. The number of hydrogen-bond donors (Lipinski definition) is 2. The molecular weight excluding hydrogens is 264 g/mol. The molecule has 0 aliphatic carbocycles. The van der Waals surface area contributed by atoms with Crippen LogP contribution in [0.5, 0.6) is 5.75 Å². The molecule has 0 spiro atoms. The molecular formula is C12H12N4O2S. The zero-order chi connectivity index (χ0) is 13.2. The van der Waals surface area contributed by atoms with Crippen LogP contribution in [0.1, 0.15) is 5.56 Å². The molecule has 0 bridgehead atoms. The molecule has 1 aliphatic heterocycles. The molecule has 1 amide bonds. The van der Waals surface area contributed by atoms with Crippen molar-refractivity contribution in [2.75, 3.05) is 17.7 Å². The number of benzene rings is 1. The van der Waals surface area contributed by atoms with Crippen molar-refractivity contribution in [3.8, 4) is 5.75 Å². The standard InChI is InChI=1S/C12H12N4O2S/c13-11-15-16-12(19-11)14-10(17)8-5-7-3-1-2-4-9(7)18-6-8/h1-4,8H,5-6H2,(H2,13,15)(H,14,16,17). The number of carbonyl (C=O) groups excluding carboxylic acids is 1. The van der Waals surface area contributed by atoms with Gasteiger partial charge in [-0.15, -0.1) is 10.2 Å². The van der Waals surface area contributed by atoms with Crippen molar-refractivity contribution in [1.82, 2.24) is 10.2 Å². The third-order valence-corrected chi connectivity index (χ3v) is 3.59. The number of anilines is 2. The summed E-state index contributed by atoms with van der Waals surface area (Å²) in [6.07, 6.45) is 0.663. The van der Waals surface area contributed by atoms with Crippen molar-refractivity contribution in [1.29, 1.82) is 0 Å². The average molecular weight is 276 g/mol. The van der Waals surface area contributed by atoms with Crippen molar-refractivity contribution in [3.63, 3.8) is 0 Å². The number of aromatic nitrogens is 2. The molecule has 1 atom stereocenters. The minimum absolute atomic E-state index is 0.120. The van der Waals surface area contributed by atoms with E-state index in [9.17, 15) is 4.79 Å². The monoisotopic (exact) mass is 276 g/mol. The van der Waals surface area contributed by atoms with Gasteiger partial charge in [0.1, 0.15) is 12.4 Å². The van der Waals surface area contributed by atoms with Crippen LogP contribution in [0.2, 0.25) is 0 Å². The van der Waals surface area contributed by atoms with E-state index in [1.807, 2.05) is 24.3 Å². The van der Waals surface area contributed by atoms with Gasteiger partial charge in [0.25, 0.3) is 0 Å². The fraction of sp³-hybridized carbons (Fsp3) is 0.250. The van der Waals surface area contributed by atoms with Gasteiger partial charge in [0, 0.05) is 0 Å². The molecule has 3 N–H and O–H groups in total. The Kier molecular flexibility index (Phi) is 3.04. The molecule has 1 aromatic heterocycles. The molecule has 0 saturated carbocycles. The first-order valence-corrected chi connectivity index (χ1v) is 6.64. The molecule has 6 nitrogen and oxygen atoms in total. The number of ether oxygens (including phenoxy) is 1. The Morgan fingerprint density at radius 1 is 1.42 bits per heavy atom. The summed E-state index contributed by atoms with van der Waals surface area (Å²) in [4.78, 5) is 12.1. The first-order valence-electron chi connectivity index (χ1n) is 5.83. The highest BCUT2D eigenvalue weighted by Crippen LogP contribution is 2.27. The van der Waals surface area contributed by atoms with Crippen LogP contribution < -0.4 is 15.8 Å². The second-order valence-corrected chi connectivity index (χ2v) is 5.26. The number of nitrogens with two attached hydrogens (primary N) is 1. The second-order valence-electron chi connectivity index (χ2n) is 4.25. The van der Waals surface area contributed by atoms with Gasteiger partial charge in [-0.2, -0.15) is 0 Å². The highest BCUT2D eigenvalue weighted by Gasteiger charge is 2.26. The van der Waals surface area contributed by atoms with Crippen LogP contribution in [0.25, 0.3) is 0 Å². The van der Waals surface area contributed by atoms with Gasteiger partial charge in [0.2, 0.25) is 16.2 Å². The van der Waals surface area contributed by atoms with Crippen molar-refractivity contribution in [2.45, 2.75) is 6.42 Å². The van der Waals surface area contributed by atoms with E-state index in [2.05, 4.69) is 15.5 Å². The zero-order valence-electron chi connectivity index (χ0n) is 10.00. The van der Waals surface area contributed by atoms with Gasteiger partial charge in [0.15, 0.2) is 0 Å². The number of rotatable bonds is 2. The third-order valence-electron chi connectivity index (χ3n) is 2.92. The number of nitrogen functional groups attached to an aromatic ring is 1. The average Bonchev–Trinajstić information content (AvgIpc) is 2.83. The molecule has 0 saturated heterocycles. The lowest BCUT2D eigenvalue weighted by Gasteiger charge is -2.23. The fourth-order valence-electron chi connectivity index (χ4n) is 1.99. The van der Waals surface area contributed by atoms with E-state index in [0.717, 1.165) is 22.6 Å². The van der Waals surface area contributed by atoms with Crippen molar-refractivity contribution >= 4 is 27.5 Å². The molecule has 19 heavy (non-hydrogen) atoms. The molecule has 7 heteroatoms. The Hall–Kier alpha value is -2.15. The van der Waals surface area contributed by atoms with E-state index >= 15 is 0 Å². The minimum Gasteiger partial charge on any atom is -0.492 e. The summed E-state index contributed by atoms with van der Waals surface area (Å²) in [5, 5.41) is 10.9. The Morgan fingerprint density at radius 2 is 2.26 bits per heavy atom. The third kappa shape index (κ3) is 2.50. The summed E-state index contributed by atoms with van der Waals surface area (Å²) in [7, 11) is 0. The van der Waals surface area contributed by atoms with Crippen molar-refractivity contribution < 1.29 is 9.53 Å². The number of nitrogens with one attached hydrogen (secondary N) is 1. The number of fused-ring (bicyclic) bond motifs is 1. The number of para-hydroxylation sites is 1. The first kappa shape index (κ1) is 11.9. The fourth-order valence-corrected chi connectivity index (χ4v) is 2.50. The predicted octanol–water partition coefficient (Wildman–Crippen LogP) is 1.31. The van der Waals surface area contributed by atoms with Crippen LogP contribution in [0.15, 0.2) is 24.3 Å². The molecule has 0 radical (unpaired) electrons. The van der Waals surface area contributed by atoms with Gasteiger partial charge in [-0.3, -0.25) is 4.79 Å². The van der Waals surface area contributed by atoms with Crippen LogP contribution in [-0.4, -0.2) is 22.7 Å². The lowest BCUT2D eigenvalue weighted by molar-refractivity contribution is -0.121. The Labute approximate surface area is 113 Å². The van der Waals surface area contributed by atoms with Gasteiger partial charge in [-0.1, -0.05) is 29.5 Å². The highest BCUT2D eigenvalue weighted by atomic mass is 32.1. The summed E-state index contributed by atoms with van der Waals surface area (Å²) >= 11 is 1.15. The minimum atomic E-state index is -0.222. The number of carbonyl (C=O) groups is 1. The molecule has 0 fully saturated rings. The lowest BCUT2D eigenvalue weighted by Crippen LogP contribution is -2.32. The van der Waals surface area contributed by atoms with Crippen LogP contribution in [0, 0.1) is 5.92 Å². The molecule has 1 aromatic carbocycles. The van der Waals surface area contributed by atoms with E-state index in [4.69, 9.17) is 10.5 Å². The van der Waals surface area contributed by atoms with Crippen LogP contribution >= 0.6 is 11.3 Å². The number of hydrogen-bond acceptors (Lipinski definition) is 6. The van der Waals surface area contributed by atoms with E-state index in [-0.39, 0.29) is 11.8 Å². The topological polar surface area (TPSA) is 90.1 Å². The van der Waals surface area contributed by atoms with E-state index in [0.29, 0.717) is 23.3 Å². The van der Waals surface area contributed by atoms with E-state index < -0.39 is 0 Å². The smallest absolute Gasteiger partial charge is 0.233 e. The Bertz CT molecular complexity index is 613. The highest BCUT2D eigenvalue weighted by molar-refractivity contribution is 7.18. The summed E-state index contributed by atoms with van der Waals surface area (Å²) in [6.45, 7) is 0.372. The summed E-state index contributed by atoms with van der Waals surface area (Å²) in [5.41, 5.74) is 6.51. The van der Waals surface area contributed by atoms with Crippen LogP contribution in [0.3, 0.4) is 0 Å². The van der Waals surface area contributed by atoms with Crippen molar-refractivity contribution in [2.24, 2.45) is 5.92 Å². The molecule has 3 rings (SSSR count). The Balaban J connectivity index is 1.69.